The fourth-order valence-electron chi connectivity index (χ4n) is 3.96. The number of hydrogen-bond acceptors (Lipinski definition) is 4. The average molecular weight is 604 g/mol. The number of halogens is 2. The Labute approximate surface area is 220 Å². The maximum atomic E-state index is 13.6. The molecular weight excluding hydrogens is 581 g/mol. The van der Waals surface area contributed by atoms with Gasteiger partial charge in [-0.05, 0) is 70.6 Å². The minimum Gasteiger partial charge on any atom is -0.497 e. The van der Waals surface area contributed by atoms with Gasteiger partial charge in [0, 0.05) is 15.1 Å². The van der Waals surface area contributed by atoms with Gasteiger partial charge < -0.3 is 20.1 Å². The van der Waals surface area contributed by atoms with Gasteiger partial charge in [-0.3, -0.25) is 4.79 Å². The van der Waals surface area contributed by atoms with E-state index in [9.17, 15) is 14.7 Å². The van der Waals surface area contributed by atoms with Crippen LogP contribution in [-0.4, -0.2) is 27.7 Å². The first kappa shape index (κ1) is 24.9. The van der Waals surface area contributed by atoms with Crippen molar-refractivity contribution in [1.82, 2.24) is 9.55 Å². The van der Waals surface area contributed by atoms with Gasteiger partial charge in [-0.1, -0.05) is 48.9 Å². The minimum atomic E-state index is -1.07. The van der Waals surface area contributed by atoms with Crippen LogP contribution in [0, 0.1) is 3.57 Å². The zero-order valence-electron chi connectivity index (χ0n) is 19.0. The van der Waals surface area contributed by atoms with E-state index >= 15 is 0 Å². The second-order valence-electron chi connectivity index (χ2n) is 7.98. The van der Waals surface area contributed by atoms with E-state index in [2.05, 4.69) is 32.9 Å². The zero-order chi connectivity index (χ0) is 25.1. The fourth-order valence-corrected chi connectivity index (χ4v) is 4.86. The molecule has 4 rings (SSSR count). The molecule has 2 atom stereocenters. The van der Waals surface area contributed by atoms with Crippen LogP contribution in [0.25, 0.3) is 11.3 Å². The zero-order valence-corrected chi connectivity index (χ0v) is 21.9. The van der Waals surface area contributed by atoms with Crippen LogP contribution in [0.5, 0.6) is 11.6 Å². The van der Waals surface area contributed by atoms with Gasteiger partial charge in [0.25, 0.3) is 0 Å². The minimum absolute atomic E-state index is 0.211. The Morgan fingerprint density at radius 1 is 1.11 bits per heavy atom. The Morgan fingerprint density at radius 2 is 1.80 bits per heavy atom. The lowest BCUT2D eigenvalue weighted by Crippen LogP contribution is -2.35. The van der Waals surface area contributed by atoms with Gasteiger partial charge in [-0.2, -0.15) is 0 Å². The first-order valence-corrected chi connectivity index (χ1v) is 12.2. The number of amides is 1. The number of imidazole rings is 1. The van der Waals surface area contributed by atoms with Crippen LogP contribution in [0.1, 0.15) is 24.4 Å². The lowest BCUT2D eigenvalue weighted by Gasteiger charge is -2.25. The number of benzene rings is 3. The smallest absolute Gasteiger partial charge is 0.329 e. The van der Waals surface area contributed by atoms with Crippen molar-refractivity contribution in [3.8, 4) is 22.9 Å². The molecule has 180 valence electrons. The van der Waals surface area contributed by atoms with Gasteiger partial charge in [-0.15, -0.1) is 0 Å². The molecule has 9 heteroatoms. The summed E-state index contributed by atoms with van der Waals surface area (Å²) in [6.07, 6.45) is 0. The van der Waals surface area contributed by atoms with Crippen LogP contribution in [0.15, 0.2) is 77.6 Å². The largest absolute Gasteiger partial charge is 0.497 e. The van der Waals surface area contributed by atoms with E-state index in [0.29, 0.717) is 22.0 Å². The molecule has 35 heavy (non-hydrogen) atoms. The molecule has 3 N–H and O–H groups in total. The lowest BCUT2D eigenvalue weighted by molar-refractivity contribution is -0.120. The summed E-state index contributed by atoms with van der Waals surface area (Å²) >= 11 is 8.47. The Morgan fingerprint density at radius 3 is 2.43 bits per heavy atom. The molecule has 0 fully saturated rings. The molecule has 3 aromatic carbocycles. The maximum Gasteiger partial charge on any atom is 0.329 e. The number of H-pyrrole nitrogens is 1. The van der Waals surface area contributed by atoms with E-state index in [4.69, 9.17) is 16.3 Å². The van der Waals surface area contributed by atoms with Gasteiger partial charge in [0.1, 0.15) is 17.5 Å². The van der Waals surface area contributed by atoms with E-state index in [-0.39, 0.29) is 11.6 Å². The highest BCUT2D eigenvalue weighted by atomic mass is 127. The van der Waals surface area contributed by atoms with Crippen molar-refractivity contribution in [2.75, 3.05) is 12.4 Å². The third kappa shape index (κ3) is 5.23. The topological polar surface area (TPSA) is 96.4 Å². The summed E-state index contributed by atoms with van der Waals surface area (Å²) in [5.41, 5.74) is 1.43. The summed E-state index contributed by atoms with van der Waals surface area (Å²) in [6.45, 7) is 1.83. The molecule has 1 amide bonds. The van der Waals surface area contributed by atoms with E-state index in [0.717, 1.165) is 13.7 Å². The van der Waals surface area contributed by atoms with Gasteiger partial charge in [-0.25, -0.2) is 9.36 Å². The molecule has 0 saturated carbocycles. The number of aromatic amines is 1. The van der Waals surface area contributed by atoms with Crippen LogP contribution < -0.4 is 15.7 Å². The van der Waals surface area contributed by atoms with Crippen molar-refractivity contribution in [2.45, 2.75) is 18.9 Å². The molecule has 0 spiro atoms. The predicted octanol–water partition coefficient (Wildman–Crippen LogP) is 5.80. The summed E-state index contributed by atoms with van der Waals surface area (Å²) in [6, 6.07) is 20.4. The number of carbonyl (C=O) groups excluding carboxylic acids is 1. The molecule has 1 aromatic heterocycles. The third-order valence-electron chi connectivity index (χ3n) is 5.82. The number of hydrogen-bond donors (Lipinski definition) is 3. The fraction of sp³-hybridized carbons (Fsp3) is 0.154. The Balaban J connectivity index is 1.79. The molecular formula is C26H23ClIN3O4. The second-order valence-corrected chi connectivity index (χ2v) is 9.64. The van der Waals surface area contributed by atoms with Crippen molar-refractivity contribution in [3.63, 3.8) is 0 Å². The summed E-state index contributed by atoms with van der Waals surface area (Å²) in [5.74, 6) is -0.639. The molecule has 0 aliphatic heterocycles. The standard InChI is InChI=1S/C26H23ClIN3O4/c1-15(16-6-4-3-5-7-16)23(24(32)29-21-13-10-18(28)14-20(21)27)31-25(33)22(30-26(31)34)17-8-11-19(35-2)12-9-17/h3-15,23,33H,1-2H3,(H,29,32)(H,30,34)/t15-,23-/m0/s1. The number of aromatic nitrogens is 2. The number of rotatable bonds is 7. The van der Waals surface area contributed by atoms with Gasteiger partial charge >= 0.3 is 5.69 Å². The first-order chi connectivity index (χ1) is 16.8. The van der Waals surface area contributed by atoms with Crippen LogP contribution in [0.3, 0.4) is 0 Å². The second kappa shape index (κ2) is 10.6. The number of anilines is 1. The lowest BCUT2D eigenvalue weighted by atomic mass is 9.92. The number of aromatic hydroxyl groups is 1. The van der Waals surface area contributed by atoms with E-state index in [1.54, 1.807) is 43.5 Å². The summed E-state index contributed by atoms with van der Waals surface area (Å²) in [7, 11) is 1.55. The highest BCUT2D eigenvalue weighted by Gasteiger charge is 2.33. The Kier molecular flexibility index (Phi) is 7.51. The molecule has 0 radical (unpaired) electrons. The Hall–Kier alpha value is -3.24. The van der Waals surface area contributed by atoms with Crippen LogP contribution >= 0.6 is 34.2 Å². The van der Waals surface area contributed by atoms with Gasteiger partial charge in [0.15, 0.2) is 0 Å². The molecule has 1 heterocycles. The van der Waals surface area contributed by atoms with Crippen molar-refractivity contribution >= 4 is 45.8 Å². The van der Waals surface area contributed by atoms with E-state index < -0.39 is 23.6 Å². The third-order valence-corrected chi connectivity index (χ3v) is 6.80. The van der Waals surface area contributed by atoms with E-state index in [1.807, 2.05) is 43.3 Å². The molecule has 0 unspecified atom stereocenters. The van der Waals surface area contributed by atoms with Gasteiger partial charge in [0.05, 0.1) is 17.8 Å². The molecule has 0 saturated heterocycles. The van der Waals surface area contributed by atoms with Crippen molar-refractivity contribution in [1.29, 1.82) is 0 Å². The van der Waals surface area contributed by atoms with Crippen molar-refractivity contribution < 1.29 is 14.6 Å². The predicted molar refractivity (Wildman–Crippen MR) is 145 cm³/mol. The maximum absolute atomic E-state index is 13.6. The molecule has 0 aliphatic carbocycles. The number of nitrogens with zero attached hydrogens (tertiary/aromatic N) is 1. The summed E-state index contributed by atoms with van der Waals surface area (Å²) in [5, 5.41) is 14.4. The monoisotopic (exact) mass is 603 g/mol. The number of methoxy groups -OCH3 is 1. The van der Waals surface area contributed by atoms with Crippen molar-refractivity contribution in [3.05, 3.63) is 97.4 Å². The summed E-state index contributed by atoms with van der Waals surface area (Å²) < 4.78 is 7.19. The van der Waals surface area contributed by atoms with Crippen LogP contribution in [0.2, 0.25) is 5.02 Å². The van der Waals surface area contributed by atoms with E-state index in [1.165, 1.54) is 0 Å². The molecule has 7 nitrogen and oxygen atoms in total. The molecule has 0 bridgehead atoms. The highest BCUT2D eigenvalue weighted by molar-refractivity contribution is 14.1. The number of nitrogens with one attached hydrogen (secondary N) is 2. The SMILES string of the molecule is COc1ccc(-c2[nH]c(=O)n([C@H](C(=O)Nc3ccc(I)cc3Cl)[C@@H](C)c3ccccc3)c2O)cc1. The van der Waals surface area contributed by atoms with Crippen LogP contribution in [-0.2, 0) is 4.79 Å². The number of ether oxygens (including phenoxy) is 1. The van der Waals surface area contributed by atoms with Crippen LogP contribution in [0.4, 0.5) is 5.69 Å². The number of carbonyl (C=O) groups is 1. The highest BCUT2D eigenvalue weighted by Crippen LogP contribution is 2.36. The molecule has 0 aliphatic rings. The normalized spacial score (nSPS) is 12.7. The molecule has 4 aromatic rings. The van der Waals surface area contributed by atoms with Crippen molar-refractivity contribution in [2.24, 2.45) is 0 Å². The average Bonchev–Trinajstić information content (AvgIpc) is 3.15. The Bertz CT molecular complexity index is 1400. The van der Waals surface area contributed by atoms with Gasteiger partial charge in [0.2, 0.25) is 11.8 Å². The summed E-state index contributed by atoms with van der Waals surface area (Å²) in [4.78, 5) is 29.4. The quantitative estimate of drug-likeness (QED) is 0.233. The first-order valence-electron chi connectivity index (χ1n) is 10.8.